The van der Waals surface area contributed by atoms with Crippen molar-refractivity contribution in [3.05, 3.63) is 30.2 Å². The number of likely N-dealkylation sites (N-methyl/N-ethyl adjacent to an activating group) is 1. The van der Waals surface area contributed by atoms with Gasteiger partial charge in [0.05, 0.1) is 19.2 Å². The molecule has 0 bridgehead atoms. The fourth-order valence-corrected chi connectivity index (χ4v) is 3.30. The minimum absolute atomic E-state index is 0.426. The number of hydrogen-bond acceptors (Lipinski definition) is 7. The lowest BCUT2D eigenvalue weighted by atomic mass is 10.0. The second-order valence-electron chi connectivity index (χ2n) is 6.58. The Labute approximate surface area is 142 Å². The van der Waals surface area contributed by atoms with Crippen LogP contribution in [0.25, 0.3) is 0 Å². The summed E-state index contributed by atoms with van der Waals surface area (Å²) in [7, 11) is 2.08. The smallest absolute Gasteiger partial charge is 0.223 e. The molecule has 1 saturated heterocycles. The Bertz CT molecular complexity index is 614. The van der Waals surface area contributed by atoms with Crippen molar-refractivity contribution in [1.82, 2.24) is 29.7 Å². The van der Waals surface area contributed by atoms with E-state index in [1.807, 2.05) is 19.2 Å². The van der Waals surface area contributed by atoms with Crippen LogP contribution in [0.5, 0.6) is 0 Å². The molecule has 0 spiro atoms. The molecular weight excluding hydrogens is 308 g/mol. The zero-order chi connectivity index (χ0) is 16.9. The lowest BCUT2D eigenvalue weighted by Gasteiger charge is -2.37. The van der Waals surface area contributed by atoms with E-state index >= 15 is 0 Å². The number of likely N-dealkylation sites (tertiary alicyclic amines) is 1. The summed E-state index contributed by atoms with van der Waals surface area (Å²) in [5, 5.41) is 18.4. The summed E-state index contributed by atoms with van der Waals surface area (Å²) in [5.74, 6) is 1.35. The highest BCUT2D eigenvalue weighted by Gasteiger charge is 2.25. The number of aliphatic hydroxyl groups is 1. The number of aromatic nitrogens is 4. The van der Waals surface area contributed by atoms with E-state index in [2.05, 4.69) is 32.1 Å². The van der Waals surface area contributed by atoms with Gasteiger partial charge in [0.1, 0.15) is 0 Å². The largest absolute Gasteiger partial charge is 0.390 e. The lowest BCUT2D eigenvalue weighted by Crippen LogP contribution is -2.48. The number of piperidine rings is 1. The Kier molecular flexibility index (Phi) is 5.60. The maximum atomic E-state index is 10.3. The van der Waals surface area contributed by atoms with Crippen LogP contribution >= 0.6 is 0 Å². The van der Waals surface area contributed by atoms with Crippen molar-refractivity contribution in [2.24, 2.45) is 0 Å². The summed E-state index contributed by atoms with van der Waals surface area (Å²) in [5.41, 5.74) is 0. The third-order valence-corrected chi connectivity index (χ3v) is 4.49. The molecule has 1 N–H and O–H groups in total. The van der Waals surface area contributed by atoms with Crippen LogP contribution in [0.15, 0.2) is 23.0 Å². The van der Waals surface area contributed by atoms with Gasteiger partial charge in [-0.1, -0.05) is 5.16 Å². The molecule has 1 aliphatic heterocycles. The van der Waals surface area contributed by atoms with E-state index < -0.39 is 6.10 Å². The summed E-state index contributed by atoms with van der Waals surface area (Å²) < 4.78 is 6.81. The highest BCUT2D eigenvalue weighted by molar-refractivity contribution is 4.87. The van der Waals surface area contributed by atoms with Crippen LogP contribution in [0, 0.1) is 6.92 Å². The average Bonchev–Trinajstić information content (AvgIpc) is 3.19. The van der Waals surface area contributed by atoms with Gasteiger partial charge in [0.2, 0.25) is 5.89 Å². The fraction of sp³-hybridized carbons (Fsp3) is 0.688. The Morgan fingerprint density at radius 3 is 3.08 bits per heavy atom. The van der Waals surface area contributed by atoms with Gasteiger partial charge >= 0.3 is 0 Å². The molecule has 0 aromatic carbocycles. The van der Waals surface area contributed by atoms with E-state index in [-0.39, 0.29) is 0 Å². The van der Waals surface area contributed by atoms with Gasteiger partial charge in [0.15, 0.2) is 5.82 Å². The molecule has 2 atom stereocenters. The maximum Gasteiger partial charge on any atom is 0.223 e. The molecule has 0 amide bonds. The van der Waals surface area contributed by atoms with Gasteiger partial charge in [-0.05, 0) is 32.5 Å². The number of nitrogens with zero attached hydrogens (tertiary/aromatic N) is 6. The number of rotatable bonds is 7. The van der Waals surface area contributed by atoms with Gasteiger partial charge < -0.3 is 9.63 Å². The predicted octanol–water partition coefficient (Wildman–Crippen LogP) is 0.532. The second kappa shape index (κ2) is 7.87. The molecule has 1 fully saturated rings. The van der Waals surface area contributed by atoms with E-state index in [1.54, 1.807) is 10.9 Å². The third-order valence-electron chi connectivity index (χ3n) is 4.49. The van der Waals surface area contributed by atoms with Gasteiger partial charge in [-0.3, -0.25) is 14.5 Å². The van der Waals surface area contributed by atoms with E-state index in [0.717, 1.165) is 38.3 Å². The highest BCUT2D eigenvalue weighted by atomic mass is 16.5. The van der Waals surface area contributed by atoms with Crippen LogP contribution in [0.2, 0.25) is 0 Å². The van der Waals surface area contributed by atoms with Crippen LogP contribution in [0.3, 0.4) is 0 Å². The minimum Gasteiger partial charge on any atom is -0.390 e. The number of aliphatic hydroxyl groups excluding tert-OH is 1. The monoisotopic (exact) mass is 334 g/mol. The molecule has 132 valence electrons. The first-order valence-electron chi connectivity index (χ1n) is 8.47. The van der Waals surface area contributed by atoms with Crippen molar-refractivity contribution in [3.8, 4) is 0 Å². The Morgan fingerprint density at radius 1 is 1.50 bits per heavy atom. The molecule has 0 saturated carbocycles. The SMILES string of the molecule is Cc1nc(CN2CCCC(N(C)CC(O)Cn3cccn3)C2)no1. The molecule has 1 aliphatic rings. The van der Waals surface area contributed by atoms with Gasteiger partial charge in [0.25, 0.3) is 0 Å². The summed E-state index contributed by atoms with van der Waals surface area (Å²) in [6.07, 6.45) is 5.46. The van der Waals surface area contributed by atoms with Crippen LogP contribution in [-0.2, 0) is 13.1 Å². The van der Waals surface area contributed by atoms with Gasteiger partial charge in [0, 0.05) is 38.4 Å². The van der Waals surface area contributed by atoms with E-state index in [9.17, 15) is 5.11 Å². The first-order valence-corrected chi connectivity index (χ1v) is 8.47. The number of hydrogen-bond donors (Lipinski definition) is 1. The van der Waals surface area contributed by atoms with Crippen molar-refractivity contribution >= 4 is 0 Å². The average molecular weight is 334 g/mol. The number of aryl methyl sites for hydroxylation is 1. The Morgan fingerprint density at radius 2 is 2.38 bits per heavy atom. The van der Waals surface area contributed by atoms with E-state index in [1.165, 1.54) is 0 Å². The predicted molar refractivity (Wildman–Crippen MR) is 88.2 cm³/mol. The molecule has 0 radical (unpaired) electrons. The van der Waals surface area contributed by atoms with Crippen molar-refractivity contribution in [2.45, 2.75) is 45.0 Å². The first kappa shape index (κ1) is 17.1. The summed E-state index contributed by atoms with van der Waals surface area (Å²) in [4.78, 5) is 8.89. The van der Waals surface area contributed by atoms with Crippen LogP contribution in [0.1, 0.15) is 24.6 Å². The molecule has 3 heterocycles. The zero-order valence-electron chi connectivity index (χ0n) is 14.4. The summed E-state index contributed by atoms with van der Waals surface area (Å²) in [6.45, 7) is 5.70. The molecule has 0 aliphatic carbocycles. The molecule has 2 unspecified atom stereocenters. The van der Waals surface area contributed by atoms with Crippen molar-refractivity contribution in [3.63, 3.8) is 0 Å². The van der Waals surface area contributed by atoms with Gasteiger partial charge in [-0.25, -0.2) is 0 Å². The van der Waals surface area contributed by atoms with Crippen molar-refractivity contribution in [2.75, 3.05) is 26.7 Å². The third kappa shape index (κ3) is 4.62. The van der Waals surface area contributed by atoms with Crippen molar-refractivity contribution in [1.29, 1.82) is 0 Å². The molecular formula is C16H26N6O2. The van der Waals surface area contributed by atoms with Gasteiger partial charge in [-0.15, -0.1) is 0 Å². The molecule has 24 heavy (non-hydrogen) atoms. The van der Waals surface area contributed by atoms with Crippen LogP contribution in [0.4, 0.5) is 0 Å². The topological polar surface area (TPSA) is 83.5 Å². The van der Waals surface area contributed by atoms with Crippen LogP contribution in [-0.4, -0.2) is 73.7 Å². The zero-order valence-corrected chi connectivity index (χ0v) is 14.4. The van der Waals surface area contributed by atoms with E-state index in [4.69, 9.17) is 4.52 Å². The first-order chi connectivity index (χ1) is 11.6. The van der Waals surface area contributed by atoms with E-state index in [0.29, 0.717) is 25.0 Å². The summed E-state index contributed by atoms with van der Waals surface area (Å²) in [6, 6.07) is 2.30. The molecule has 3 rings (SSSR count). The fourth-order valence-electron chi connectivity index (χ4n) is 3.30. The van der Waals surface area contributed by atoms with Crippen LogP contribution < -0.4 is 0 Å². The molecule has 8 nitrogen and oxygen atoms in total. The molecule has 2 aromatic rings. The maximum absolute atomic E-state index is 10.3. The quantitative estimate of drug-likeness (QED) is 0.791. The van der Waals surface area contributed by atoms with Gasteiger partial charge in [-0.2, -0.15) is 10.1 Å². The highest BCUT2D eigenvalue weighted by Crippen LogP contribution is 2.17. The lowest BCUT2D eigenvalue weighted by molar-refractivity contribution is 0.0556. The van der Waals surface area contributed by atoms with Crippen molar-refractivity contribution < 1.29 is 9.63 Å². The second-order valence-corrected chi connectivity index (χ2v) is 6.58. The standard InChI is InChI=1S/C16H26N6O2/c1-13-18-16(19-24-13)12-21-7-3-5-14(9-21)20(2)10-15(23)11-22-8-4-6-17-22/h4,6,8,14-15,23H,3,5,7,9-12H2,1-2H3. The minimum atomic E-state index is -0.426. The molecule has 2 aromatic heterocycles. The Hall–Kier alpha value is -1.77. The molecule has 8 heteroatoms. The normalized spacial score (nSPS) is 20.6. The Balaban J connectivity index is 1.48. The summed E-state index contributed by atoms with van der Waals surface area (Å²) >= 11 is 0.